The minimum atomic E-state index is -3.95. The van der Waals surface area contributed by atoms with Gasteiger partial charge in [0.2, 0.25) is 10.0 Å². The predicted molar refractivity (Wildman–Crippen MR) is 95.1 cm³/mol. The fraction of sp³-hybridized carbons (Fsp3) is 0.0667. The van der Waals surface area contributed by atoms with E-state index in [4.69, 9.17) is 10.9 Å². The van der Waals surface area contributed by atoms with Crippen LogP contribution in [0, 0.1) is 0 Å². The number of nitrogens with zero attached hydrogens (tertiary/aromatic N) is 5. The average Bonchev–Trinajstić information content (AvgIpc) is 3.17. The largest absolute Gasteiger partial charge is 0.369 e. The first kappa shape index (κ1) is 16.2. The van der Waals surface area contributed by atoms with Crippen molar-refractivity contribution in [3.8, 4) is 22.6 Å². The van der Waals surface area contributed by atoms with Crippen LogP contribution in [0.1, 0.15) is 0 Å². The lowest BCUT2D eigenvalue weighted by atomic mass is 10.2. The summed E-state index contributed by atoms with van der Waals surface area (Å²) < 4.78 is 25.5. The van der Waals surface area contributed by atoms with Crippen molar-refractivity contribution in [2.75, 3.05) is 5.73 Å². The van der Waals surface area contributed by atoms with E-state index in [9.17, 15) is 8.42 Å². The van der Waals surface area contributed by atoms with Crippen LogP contribution in [0.15, 0.2) is 41.6 Å². The normalized spacial score (nSPS) is 11.9. The fourth-order valence-corrected chi connectivity index (χ4v) is 3.42. The first-order valence-electron chi connectivity index (χ1n) is 7.47. The fourth-order valence-electron chi connectivity index (χ4n) is 2.68. The standard InChI is InChI=1S/C15H14N8O2S/c1-23-7-8(6-18-23)11-12-14(22-15(16)20-12)21-13(19-11)9-4-2-3-5-10(9)26(17,24)25/h2-7H,1H3,(H2,17,24,25)(H3,16,19,20,21,22). The summed E-state index contributed by atoms with van der Waals surface area (Å²) in [7, 11) is -2.17. The highest BCUT2D eigenvalue weighted by Gasteiger charge is 2.20. The molecule has 0 fully saturated rings. The number of rotatable bonds is 3. The molecule has 0 spiro atoms. The number of fused-ring (bicyclic) bond motifs is 1. The molecule has 11 heteroatoms. The lowest BCUT2D eigenvalue weighted by Gasteiger charge is -2.08. The summed E-state index contributed by atoms with van der Waals surface area (Å²) in [4.78, 5) is 15.9. The van der Waals surface area contributed by atoms with Crippen LogP contribution >= 0.6 is 0 Å². The number of hydrogen-bond acceptors (Lipinski definition) is 7. The summed E-state index contributed by atoms with van der Waals surface area (Å²) in [6.07, 6.45) is 3.39. The Kier molecular flexibility index (Phi) is 3.49. The van der Waals surface area contributed by atoms with E-state index in [1.165, 1.54) is 6.07 Å². The maximum Gasteiger partial charge on any atom is 0.238 e. The van der Waals surface area contributed by atoms with E-state index in [0.29, 0.717) is 22.4 Å². The Bertz CT molecular complexity index is 1240. The van der Waals surface area contributed by atoms with Crippen LogP contribution in [-0.2, 0) is 17.1 Å². The topological polar surface area (TPSA) is 158 Å². The van der Waals surface area contributed by atoms with Crippen LogP contribution < -0.4 is 10.9 Å². The summed E-state index contributed by atoms with van der Waals surface area (Å²) in [6, 6.07) is 6.26. The van der Waals surface area contributed by atoms with E-state index in [1.807, 2.05) is 0 Å². The molecule has 132 valence electrons. The van der Waals surface area contributed by atoms with Crippen LogP contribution in [0.3, 0.4) is 0 Å². The van der Waals surface area contributed by atoms with Gasteiger partial charge in [-0.3, -0.25) is 4.68 Å². The van der Waals surface area contributed by atoms with Crippen LogP contribution in [-0.4, -0.2) is 38.1 Å². The summed E-state index contributed by atoms with van der Waals surface area (Å²) >= 11 is 0. The number of aromatic amines is 1. The smallest absolute Gasteiger partial charge is 0.238 e. The number of H-pyrrole nitrogens is 1. The highest BCUT2D eigenvalue weighted by Crippen LogP contribution is 2.30. The van der Waals surface area contributed by atoms with Gasteiger partial charge < -0.3 is 10.7 Å². The number of aromatic nitrogens is 6. The second kappa shape index (κ2) is 5.61. The molecule has 4 rings (SSSR count). The number of benzene rings is 1. The zero-order valence-electron chi connectivity index (χ0n) is 13.6. The van der Waals surface area contributed by atoms with Crippen LogP contribution in [0.25, 0.3) is 33.8 Å². The van der Waals surface area contributed by atoms with E-state index in [2.05, 4.69) is 25.0 Å². The molecule has 0 unspecified atom stereocenters. The molecule has 4 aromatic rings. The Balaban J connectivity index is 2.04. The first-order chi connectivity index (χ1) is 12.3. The average molecular weight is 370 g/mol. The molecule has 3 heterocycles. The van der Waals surface area contributed by atoms with Crippen molar-refractivity contribution < 1.29 is 8.42 Å². The third-order valence-corrected chi connectivity index (χ3v) is 4.74. The third kappa shape index (κ3) is 2.68. The van der Waals surface area contributed by atoms with Crippen molar-refractivity contribution in [1.82, 2.24) is 29.7 Å². The first-order valence-corrected chi connectivity index (χ1v) is 9.02. The number of nitrogens with one attached hydrogen (secondary N) is 1. The van der Waals surface area contributed by atoms with Crippen molar-refractivity contribution in [1.29, 1.82) is 0 Å². The molecule has 0 aliphatic carbocycles. The van der Waals surface area contributed by atoms with Crippen LogP contribution in [0.5, 0.6) is 0 Å². The monoisotopic (exact) mass is 370 g/mol. The zero-order valence-corrected chi connectivity index (χ0v) is 14.4. The van der Waals surface area contributed by atoms with Gasteiger partial charge in [0.1, 0.15) is 11.2 Å². The molecule has 5 N–H and O–H groups in total. The molecular formula is C15H14N8O2S. The number of imidazole rings is 1. The molecule has 26 heavy (non-hydrogen) atoms. The van der Waals surface area contributed by atoms with Gasteiger partial charge in [-0.15, -0.1) is 0 Å². The Morgan fingerprint density at radius 3 is 2.62 bits per heavy atom. The number of nitrogen functional groups attached to an aromatic ring is 1. The van der Waals surface area contributed by atoms with Crippen molar-refractivity contribution in [2.24, 2.45) is 12.2 Å². The Morgan fingerprint density at radius 1 is 1.15 bits per heavy atom. The zero-order chi connectivity index (χ0) is 18.5. The van der Waals surface area contributed by atoms with Gasteiger partial charge in [-0.2, -0.15) is 5.10 Å². The van der Waals surface area contributed by atoms with E-state index in [-0.39, 0.29) is 22.2 Å². The third-order valence-electron chi connectivity index (χ3n) is 3.78. The summed E-state index contributed by atoms with van der Waals surface area (Å²) in [6.45, 7) is 0. The van der Waals surface area contributed by atoms with Gasteiger partial charge in [0, 0.05) is 24.4 Å². The maximum atomic E-state index is 11.9. The molecule has 10 nitrogen and oxygen atoms in total. The number of nitrogens with two attached hydrogens (primary N) is 2. The lowest BCUT2D eigenvalue weighted by Crippen LogP contribution is -2.13. The Hall–Kier alpha value is -3.31. The summed E-state index contributed by atoms with van der Waals surface area (Å²) in [5.41, 5.74) is 8.07. The van der Waals surface area contributed by atoms with Gasteiger partial charge in [0.15, 0.2) is 17.4 Å². The van der Waals surface area contributed by atoms with E-state index >= 15 is 0 Å². The lowest BCUT2D eigenvalue weighted by molar-refractivity contribution is 0.598. The Labute approximate surface area is 148 Å². The van der Waals surface area contributed by atoms with Gasteiger partial charge in [-0.05, 0) is 12.1 Å². The van der Waals surface area contributed by atoms with E-state index in [1.54, 1.807) is 42.3 Å². The molecule has 0 saturated heterocycles. The van der Waals surface area contributed by atoms with Gasteiger partial charge in [0.25, 0.3) is 0 Å². The minimum absolute atomic E-state index is 0.0658. The maximum absolute atomic E-state index is 11.9. The van der Waals surface area contributed by atoms with Crippen LogP contribution in [0.2, 0.25) is 0 Å². The highest BCUT2D eigenvalue weighted by atomic mass is 32.2. The molecule has 0 saturated carbocycles. The van der Waals surface area contributed by atoms with E-state index < -0.39 is 10.0 Å². The van der Waals surface area contributed by atoms with Crippen LogP contribution in [0.4, 0.5) is 5.95 Å². The number of primary sulfonamides is 1. The number of hydrogen-bond donors (Lipinski definition) is 3. The molecule has 3 aromatic heterocycles. The van der Waals surface area contributed by atoms with Crippen molar-refractivity contribution in [3.05, 3.63) is 36.7 Å². The number of aryl methyl sites for hydroxylation is 1. The molecule has 0 radical (unpaired) electrons. The second-order valence-corrected chi connectivity index (χ2v) is 7.19. The predicted octanol–water partition coefficient (Wildman–Crippen LogP) is 0.650. The van der Waals surface area contributed by atoms with Crippen molar-refractivity contribution in [3.63, 3.8) is 0 Å². The Morgan fingerprint density at radius 2 is 1.92 bits per heavy atom. The SMILES string of the molecule is Cn1cc(-c2nc(-c3ccccc3S(N)(=O)=O)nc3[nH]c(N)nc23)cn1. The van der Waals surface area contributed by atoms with Crippen molar-refractivity contribution in [2.45, 2.75) is 4.90 Å². The molecular weight excluding hydrogens is 356 g/mol. The molecule has 0 amide bonds. The van der Waals surface area contributed by atoms with Gasteiger partial charge >= 0.3 is 0 Å². The highest BCUT2D eigenvalue weighted by molar-refractivity contribution is 7.89. The van der Waals surface area contributed by atoms with E-state index in [0.717, 1.165) is 0 Å². The molecule has 0 bridgehead atoms. The van der Waals surface area contributed by atoms with Gasteiger partial charge in [0.05, 0.1) is 11.1 Å². The molecule has 1 aromatic carbocycles. The number of anilines is 1. The molecule has 0 aliphatic heterocycles. The number of sulfonamides is 1. The summed E-state index contributed by atoms with van der Waals surface area (Å²) in [5, 5.41) is 9.46. The second-order valence-electron chi connectivity index (χ2n) is 5.66. The molecule has 0 aliphatic rings. The minimum Gasteiger partial charge on any atom is -0.369 e. The van der Waals surface area contributed by atoms with Gasteiger partial charge in [-0.25, -0.2) is 28.5 Å². The quantitative estimate of drug-likeness (QED) is 0.477. The van der Waals surface area contributed by atoms with Crippen molar-refractivity contribution >= 4 is 27.1 Å². The van der Waals surface area contributed by atoms with Gasteiger partial charge in [-0.1, -0.05) is 12.1 Å². The summed E-state index contributed by atoms with van der Waals surface area (Å²) in [5.74, 6) is 0.362. The molecule has 0 atom stereocenters.